The van der Waals surface area contributed by atoms with Gasteiger partial charge < -0.3 is 45.1 Å². The molecule has 3 atom stereocenters. The Hall–Kier alpha value is -4.13. The molecule has 67 heavy (non-hydrogen) atoms. The quantitative estimate of drug-likeness (QED) is 0.0457. The maximum atomic E-state index is 12.9. The number of rotatable bonds is 46. The first-order valence-electron chi connectivity index (χ1n) is 24.5. The number of carbonyl (C=O) groups is 9. The van der Waals surface area contributed by atoms with Crippen LogP contribution in [0, 0.1) is 17.3 Å². The van der Waals surface area contributed by atoms with Crippen molar-refractivity contribution in [3.8, 4) is 0 Å². The summed E-state index contributed by atoms with van der Waals surface area (Å²) >= 11 is 0. The number of hydrogen-bond acceptors (Lipinski definition) is 13. The number of Topliss-reactive ketones (excluding diaryl/α,β-unsaturated/α-hetero) is 4. The van der Waals surface area contributed by atoms with Gasteiger partial charge in [0.2, 0.25) is 17.7 Å². The Morgan fingerprint density at radius 1 is 0.522 bits per heavy atom. The monoisotopic (exact) mass is 956 g/mol. The lowest BCUT2D eigenvalue weighted by Crippen LogP contribution is -2.41. The van der Waals surface area contributed by atoms with Crippen LogP contribution in [-0.4, -0.2) is 135 Å². The van der Waals surface area contributed by atoms with Crippen molar-refractivity contribution in [1.82, 2.24) is 16.0 Å². The van der Waals surface area contributed by atoms with E-state index in [1.807, 2.05) is 20.8 Å². The van der Waals surface area contributed by atoms with Crippen LogP contribution in [0.15, 0.2) is 0 Å². The topological polar surface area (TPSA) is 267 Å². The van der Waals surface area contributed by atoms with Crippen molar-refractivity contribution in [2.24, 2.45) is 17.3 Å². The van der Waals surface area contributed by atoms with Gasteiger partial charge in [-0.25, -0.2) is 4.79 Å². The molecule has 18 heteroatoms. The standard InChI is InChI=1S/C49H85N3O15/c1-37(38(2)53)33-42(55)39(34-43(56)49(3,4)5)19-16-17-25-50-46(59)36-67-32-29-64-27-18-20-40(54)35-66-31-30-65-28-26-51-44(57)24-23-41(48(62)63)52-45(58)21-14-12-10-8-6-7-9-11-13-15-22-47(60)61/h37,39,41H,6-36H2,1-5H3,(H,50,59)(H,51,57)(H,52,58)(H,60,61)(H,62,63)/t37-,39-,41+/m1/s1. The normalized spacial score (nSPS) is 12.7. The largest absolute Gasteiger partial charge is 0.481 e. The van der Waals surface area contributed by atoms with Crippen molar-refractivity contribution in [3.63, 3.8) is 0 Å². The molecule has 0 aromatic heterocycles. The van der Waals surface area contributed by atoms with Gasteiger partial charge in [-0.2, -0.15) is 0 Å². The molecule has 0 aliphatic carbocycles. The lowest BCUT2D eigenvalue weighted by atomic mass is 9.80. The van der Waals surface area contributed by atoms with E-state index in [4.69, 9.17) is 24.1 Å². The molecule has 0 saturated carbocycles. The van der Waals surface area contributed by atoms with Crippen LogP contribution < -0.4 is 16.0 Å². The van der Waals surface area contributed by atoms with E-state index in [1.165, 1.54) is 6.92 Å². The molecule has 0 aliphatic rings. The van der Waals surface area contributed by atoms with E-state index in [1.54, 1.807) is 6.92 Å². The molecule has 0 aromatic carbocycles. The van der Waals surface area contributed by atoms with E-state index in [2.05, 4.69) is 16.0 Å². The summed E-state index contributed by atoms with van der Waals surface area (Å²) in [7, 11) is 0. The predicted molar refractivity (Wildman–Crippen MR) is 251 cm³/mol. The zero-order valence-corrected chi connectivity index (χ0v) is 41.4. The minimum absolute atomic E-state index is 0.00565. The molecule has 0 aliphatic heterocycles. The average Bonchev–Trinajstić information content (AvgIpc) is 3.25. The van der Waals surface area contributed by atoms with Gasteiger partial charge in [-0.15, -0.1) is 0 Å². The fourth-order valence-corrected chi connectivity index (χ4v) is 6.67. The molecule has 18 nitrogen and oxygen atoms in total. The SMILES string of the molecule is CC(=O)[C@H](C)CC(=O)[C@H](CCCCNC(=O)COCCOCCCC(=O)COCCOCCNC(=O)CC[C@H](NC(=O)CCCCCCCCCCCCC(=O)O)C(=O)O)CC(=O)C(C)(C)C. The lowest BCUT2D eigenvalue weighted by Gasteiger charge is -2.22. The van der Waals surface area contributed by atoms with E-state index in [0.717, 1.165) is 57.8 Å². The number of hydrogen-bond donors (Lipinski definition) is 5. The average molecular weight is 956 g/mol. The summed E-state index contributed by atoms with van der Waals surface area (Å²) in [6, 6.07) is -1.16. The summed E-state index contributed by atoms with van der Waals surface area (Å²) in [6.45, 7) is 10.4. The lowest BCUT2D eigenvalue weighted by molar-refractivity contribution is -0.142. The van der Waals surface area contributed by atoms with E-state index >= 15 is 0 Å². The Kier molecular flexibility index (Phi) is 37.4. The number of carbonyl (C=O) groups excluding carboxylic acids is 7. The van der Waals surface area contributed by atoms with Crippen LogP contribution in [-0.2, 0) is 62.1 Å². The molecule has 0 heterocycles. The summed E-state index contributed by atoms with van der Waals surface area (Å²) in [6.07, 6.45) is 12.7. The molecule has 0 rings (SSSR count). The zero-order chi connectivity index (χ0) is 50.3. The summed E-state index contributed by atoms with van der Waals surface area (Å²) in [4.78, 5) is 108. The number of carboxylic acid groups (broad SMARTS) is 2. The van der Waals surface area contributed by atoms with Crippen molar-refractivity contribution < 1.29 is 72.3 Å². The number of ether oxygens (including phenoxy) is 4. The Labute approximate surface area is 398 Å². The number of ketones is 4. The summed E-state index contributed by atoms with van der Waals surface area (Å²) in [5.74, 6) is -3.99. The van der Waals surface area contributed by atoms with Crippen LogP contribution >= 0.6 is 0 Å². The van der Waals surface area contributed by atoms with Crippen LogP contribution in [0.25, 0.3) is 0 Å². The maximum Gasteiger partial charge on any atom is 0.326 e. The highest BCUT2D eigenvalue weighted by atomic mass is 16.5. The number of unbranched alkanes of at least 4 members (excludes halogenated alkanes) is 10. The predicted octanol–water partition coefficient (Wildman–Crippen LogP) is 5.73. The van der Waals surface area contributed by atoms with Crippen LogP contribution in [0.4, 0.5) is 0 Å². The first-order chi connectivity index (χ1) is 31.8. The molecule has 386 valence electrons. The third-order valence-corrected chi connectivity index (χ3v) is 11.1. The molecule has 0 aromatic rings. The van der Waals surface area contributed by atoms with Crippen molar-refractivity contribution in [1.29, 1.82) is 0 Å². The molecule has 0 saturated heterocycles. The molecule has 0 bridgehead atoms. The van der Waals surface area contributed by atoms with E-state index in [9.17, 15) is 48.3 Å². The molecule has 5 N–H and O–H groups in total. The molecule has 3 amide bonds. The number of amides is 3. The van der Waals surface area contributed by atoms with Gasteiger partial charge >= 0.3 is 11.9 Å². The van der Waals surface area contributed by atoms with E-state index < -0.39 is 29.3 Å². The van der Waals surface area contributed by atoms with Crippen molar-refractivity contribution >= 4 is 52.8 Å². The van der Waals surface area contributed by atoms with Crippen LogP contribution in [0.1, 0.15) is 169 Å². The molecule has 0 spiro atoms. The minimum atomic E-state index is -1.20. The Balaban J connectivity index is 3.86. The number of nitrogens with one attached hydrogen (secondary N) is 3. The second-order valence-electron chi connectivity index (χ2n) is 18.4. The number of aliphatic carboxylic acids is 2. The molecule has 0 unspecified atom stereocenters. The maximum absolute atomic E-state index is 12.9. The molecule has 0 fully saturated rings. The second kappa shape index (κ2) is 39.8. The van der Waals surface area contributed by atoms with Crippen molar-refractivity contribution in [2.45, 2.75) is 175 Å². The Bertz CT molecular complexity index is 1470. The van der Waals surface area contributed by atoms with E-state index in [0.29, 0.717) is 45.3 Å². The van der Waals surface area contributed by atoms with Gasteiger partial charge in [-0.1, -0.05) is 85.5 Å². The molecular weight excluding hydrogens is 871 g/mol. The fourth-order valence-electron chi connectivity index (χ4n) is 6.67. The van der Waals surface area contributed by atoms with Gasteiger partial charge in [0.25, 0.3) is 0 Å². The molecule has 0 radical (unpaired) electrons. The third kappa shape index (κ3) is 38.5. The van der Waals surface area contributed by atoms with Gasteiger partial charge in [0.15, 0.2) is 5.78 Å². The first kappa shape index (κ1) is 62.9. The Morgan fingerprint density at radius 2 is 1.07 bits per heavy atom. The van der Waals surface area contributed by atoms with Crippen molar-refractivity contribution in [3.05, 3.63) is 0 Å². The number of carboxylic acids is 2. The van der Waals surface area contributed by atoms with Gasteiger partial charge in [-0.05, 0) is 45.4 Å². The zero-order valence-electron chi connectivity index (χ0n) is 41.4. The first-order valence-corrected chi connectivity index (χ1v) is 24.5. The van der Waals surface area contributed by atoms with E-state index in [-0.39, 0.29) is 145 Å². The highest BCUT2D eigenvalue weighted by Gasteiger charge is 2.29. The van der Waals surface area contributed by atoms with Crippen molar-refractivity contribution in [2.75, 3.05) is 65.9 Å². The minimum Gasteiger partial charge on any atom is -0.481 e. The fraction of sp³-hybridized carbons (Fsp3) is 0.816. The van der Waals surface area contributed by atoms with Gasteiger partial charge in [-0.3, -0.25) is 38.4 Å². The molecular formula is C49H85N3O15. The van der Waals surface area contributed by atoms with Gasteiger partial charge in [0.05, 0.1) is 33.0 Å². The summed E-state index contributed by atoms with van der Waals surface area (Å²) in [5, 5.41) is 26.1. The highest BCUT2D eigenvalue weighted by Crippen LogP contribution is 2.25. The van der Waals surface area contributed by atoms with Crippen LogP contribution in [0.3, 0.4) is 0 Å². The van der Waals surface area contributed by atoms with Crippen LogP contribution in [0.2, 0.25) is 0 Å². The van der Waals surface area contributed by atoms with Gasteiger partial charge in [0.1, 0.15) is 36.6 Å². The van der Waals surface area contributed by atoms with Crippen LogP contribution in [0.5, 0.6) is 0 Å². The summed E-state index contributed by atoms with van der Waals surface area (Å²) in [5.41, 5.74) is -0.558. The Morgan fingerprint density at radius 3 is 1.66 bits per heavy atom. The van der Waals surface area contributed by atoms with Gasteiger partial charge in [0, 0.05) is 75.5 Å². The third-order valence-electron chi connectivity index (χ3n) is 11.1. The second-order valence-corrected chi connectivity index (χ2v) is 18.4. The highest BCUT2D eigenvalue weighted by molar-refractivity contribution is 5.92. The smallest absolute Gasteiger partial charge is 0.326 e. The summed E-state index contributed by atoms with van der Waals surface area (Å²) < 4.78 is 21.6.